The Hall–Kier alpha value is -0.800. The zero-order valence-corrected chi connectivity index (χ0v) is 14.4. The van der Waals surface area contributed by atoms with Crippen molar-refractivity contribution in [2.75, 3.05) is 13.1 Å². The predicted octanol–water partition coefficient (Wildman–Crippen LogP) is 3.95. The highest BCUT2D eigenvalue weighted by molar-refractivity contribution is 5.20. The molecule has 0 saturated carbocycles. The first-order valence-corrected chi connectivity index (χ1v) is 8.48. The van der Waals surface area contributed by atoms with E-state index in [2.05, 4.69) is 50.9 Å². The number of rotatable bonds is 6. The molecule has 2 atom stereocenters. The maximum absolute atomic E-state index is 5.97. The lowest BCUT2D eigenvalue weighted by atomic mass is 9.93. The summed E-state index contributed by atoms with van der Waals surface area (Å²) in [6, 6.07) is 2.91. The molecule has 0 aliphatic carbocycles. The SMILES string of the molecule is Cc1oc(CN2CCC(C)CC2C)cc1CNCC(C)C. The first kappa shape index (κ1) is 16.6. The molecule has 3 nitrogen and oxygen atoms in total. The molecule has 1 aromatic rings. The van der Waals surface area contributed by atoms with Gasteiger partial charge in [-0.1, -0.05) is 20.8 Å². The summed E-state index contributed by atoms with van der Waals surface area (Å²) in [5, 5.41) is 3.50. The monoisotopic (exact) mass is 292 g/mol. The Balaban J connectivity index is 1.89. The van der Waals surface area contributed by atoms with E-state index < -0.39 is 0 Å². The van der Waals surface area contributed by atoms with Gasteiger partial charge in [0.2, 0.25) is 0 Å². The third-order valence-corrected chi connectivity index (χ3v) is 4.57. The van der Waals surface area contributed by atoms with Gasteiger partial charge in [-0.05, 0) is 57.7 Å². The number of nitrogens with zero attached hydrogens (tertiary/aromatic N) is 1. The van der Waals surface area contributed by atoms with Crippen molar-refractivity contribution in [3.8, 4) is 0 Å². The van der Waals surface area contributed by atoms with Crippen LogP contribution < -0.4 is 5.32 Å². The molecule has 0 spiro atoms. The van der Waals surface area contributed by atoms with Gasteiger partial charge < -0.3 is 9.73 Å². The Labute approximate surface area is 130 Å². The number of likely N-dealkylation sites (tertiary alicyclic amines) is 1. The van der Waals surface area contributed by atoms with Crippen LogP contribution in [0.5, 0.6) is 0 Å². The molecular weight excluding hydrogens is 260 g/mol. The van der Waals surface area contributed by atoms with Crippen molar-refractivity contribution in [1.82, 2.24) is 10.2 Å². The average molecular weight is 292 g/mol. The Kier molecular flexibility index (Phi) is 5.88. The third kappa shape index (κ3) is 4.86. The molecule has 120 valence electrons. The lowest BCUT2D eigenvalue weighted by molar-refractivity contribution is 0.113. The zero-order chi connectivity index (χ0) is 15.4. The molecule has 2 unspecified atom stereocenters. The van der Waals surface area contributed by atoms with Crippen molar-refractivity contribution in [2.45, 2.75) is 66.6 Å². The fourth-order valence-electron chi connectivity index (χ4n) is 3.23. The van der Waals surface area contributed by atoms with Gasteiger partial charge in [-0.25, -0.2) is 0 Å². The number of piperidine rings is 1. The minimum Gasteiger partial charge on any atom is -0.465 e. The standard InChI is InChI=1S/C18H32N2O/c1-13(2)10-19-11-17-9-18(21-16(17)5)12-20-7-6-14(3)8-15(20)4/h9,13-15,19H,6-8,10-12H2,1-5H3. The second kappa shape index (κ2) is 7.46. The molecule has 0 radical (unpaired) electrons. The Bertz CT molecular complexity index is 438. The number of hydrogen-bond donors (Lipinski definition) is 1. The van der Waals surface area contributed by atoms with Crippen molar-refractivity contribution in [1.29, 1.82) is 0 Å². The minimum atomic E-state index is 0.668. The van der Waals surface area contributed by atoms with Crippen molar-refractivity contribution in [2.24, 2.45) is 11.8 Å². The maximum atomic E-state index is 5.97. The minimum absolute atomic E-state index is 0.668. The van der Waals surface area contributed by atoms with Gasteiger partial charge in [0, 0.05) is 18.2 Å². The molecule has 1 N–H and O–H groups in total. The van der Waals surface area contributed by atoms with E-state index in [1.807, 2.05) is 0 Å². The van der Waals surface area contributed by atoms with Gasteiger partial charge in [0.1, 0.15) is 11.5 Å². The van der Waals surface area contributed by atoms with Crippen molar-refractivity contribution < 1.29 is 4.42 Å². The molecule has 2 rings (SSSR count). The summed E-state index contributed by atoms with van der Waals surface area (Å²) in [5.74, 6) is 3.74. The lowest BCUT2D eigenvalue weighted by Crippen LogP contribution is -2.39. The molecule has 0 amide bonds. The summed E-state index contributed by atoms with van der Waals surface area (Å²) in [5.41, 5.74) is 1.31. The average Bonchev–Trinajstić information content (AvgIpc) is 2.73. The van der Waals surface area contributed by atoms with Gasteiger partial charge in [0.05, 0.1) is 6.54 Å². The predicted molar refractivity (Wildman–Crippen MR) is 88.3 cm³/mol. The largest absolute Gasteiger partial charge is 0.465 e. The quantitative estimate of drug-likeness (QED) is 0.860. The van der Waals surface area contributed by atoms with Crippen LogP contribution in [0.15, 0.2) is 10.5 Å². The van der Waals surface area contributed by atoms with Crippen LogP contribution >= 0.6 is 0 Å². The molecule has 1 aliphatic rings. The number of hydrogen-bond acceptors (Lipinski definition) is 3. The van der Waals surface area contributed by atoms with E-state index >= 15 is 0 Å². The van der Waals surface area contributed by atoms with Crippen LogP contribution in [0.4, 0.5) is 0 Å². The molecule has 1 saturated heterocycles. The molecule has 0 aromatic carbocycles. The van der Waals surface area contributed by atoms with Crippen LogP contribution in [-0.2, 0) is 13.1 Å². The van der Waals surface area contributed by atoms with E-state index in [0.29, 0.717) is 12.0 Å². The molecule has 21 heavy (non-hydrogen) atoms. The van der Waals surface area contributed by atoms with Gasteiger partial charge in [-0.2, -0.15) is 0 Å². The summed E-state index contributed by atoms with van der Waals surface area (Å²) in [4.78, 5) is 2.56. The number of nitrogens with one attached hydrogen (secondary N) is 1. The lowest BCUT2D eigenvalue weighted by Gasteiger charge is -2.35. The second-order valence-corrected chi connectivity index (χ2v) is 7.27. The highest BCUT2D eigenvalue weighted by atomic mass is 16.3. The van der Waals surface area contributed by atoms with E-state index in [9.17, 15) is 0 Å². The van der Waals surface area contributed by atoms with E-state index in [1.165, 1.54) is 24.9 Å². The molecule has 1 fully saturated rings. The van der Waals surface area contributed by atoms with Crippen LogP contribution in [0.2, 0.25) is 0 Å². The fraction of sp³-hybridized carbons (Fsp3) is 0.778. The van der Waals surface area contributed by atoms with Gasteiger partial charge in [0.15, 0.2) is 0 Å². The van der Waals surface area contributed by atoms with Crippen molar-refractivity contribution in [3.05, 3.63) is 23.2 Å². The molecular formula is C18H32N2O. The molecule has 0 bridgehead atoms. The van der Waals surface area contributed by atoms with Crippen LogP contribution in [0.25, 0.3) is 0 Å². The van der Waals surface area contributed by atoms with Crippen molar-refractivity contribution in [3.63, 3.8) is 0 Å². The molecule has 2 heterocycles. The smallest absolute Gasteiger partial charge is 0.118 e. The Morgan fingerprint density at radius 2 is 2.14 bits per heavy atom. The third-order valence-electron chi connectivity index (χ3n) is 4.57. The Morgan fingerprint density at radius 3 is 2.81 bits per heavy atom. The first-order chi connectivity index (χ1) is 9.95. The molecule has 1 aliphatic heterocycles. The van der Waals surface area contributed by atoms with Crippen LogP contribution in [-0.4, -0.2) is 24.0 Å². The maximum Gasteiger partial charge on any atom is 0.118 e. The number of furan rings is 1. The highest BCUT2D eigenvalue weighted by Crippen LogP contribution is 2.25. The number of aryl methyl sites for hydroxylation is 1. The van der Waals surface area contributed by atoms with Crippen LogP contribution in [0.3, 0.4) is 0 Å². The Morgan fingerprint density at radius 1 is 1.38 bits per heavy atom. The van der Waals surface area contributed by atoms with Gasteiger partial charge in [-0.15, -0.1) is 0 Å². The van der Waals surface area contributed by atoms with Gasteiger partial charge >= 0.3 is 0 Å². The molecule has 1 aromatic heterocycles. The van der Waals surface area contributed by atoms with Gasteiger partial charge in [-0.3, -0.25) is 4.90 Å². The van der Waals surface area contributed by atoms with E-state index in [1.54, 1.807) is 0 Å². The summed E-state index contributed by atoms with van der Waals surface area (Å²) in [6.07, 6.45) is 2.62. The van der Waals surface area contributed by atoms with Gasteiger partial charge in [0.25, 0.3) is 0 Å². The summed E-state index contributed by atoms with van der Waals surface area (Å²) >= 11 is 0. The molecule has 3 heteroatoms. The zero-order valence-electron chi connectivity index (χ0n) is 14.4. The van der Waals surface area contributed by atoms with E-state index in [0.717, 1.165) is 37.1 Å². The first-order valence-electron chi connectivity index (χ1n) is 8.48. The van der Waals surface area contributed by atoms with E-state index in [-0.39, 0.29) is 0 Å². The second-order valence-electron chi connectivity index (χ2n) is 7.27. The van der Waals surface area contributed by atoms with Crippen LogP contribution in [0, 0.1) is 18.8 Å². The highest BCUT2D eigenvalue weighted by Gasteiger charge is 2.23. The normalized spacial score (nSPS) is 23.9. The van der Waals surface area contributed by atoms with Crippen LogP contribution in [0.1, 0.15) is 57.6 Å². The summed E-state index contributed by atoms with van der Waals surface area (Å²) < 4.78 is 5.97. The summed E-state index contributed by atoms with van der Waals surface area (Å²) in [6.45, 7) is 15.4. The summed E-state index contributed by atoms with van der Waals surface area (Å²) in [7, 11) is 0. The fourth-order valence-corrected chi connectivity index (χ4v) is 3.23. The topological polar surface area (TPSA) is 28.4 Å². The van der Waals surface area contributed by atoms with E-state index in [4.69, 9.17) is 4.42 Å². The van der Waals surface area contributed by atoms with Crippen molar-refractivity contribution >= 4 is 0 Å².